The van der Waals surface area contributed by atoms with Crippen LogP contribution < -0.4 is 0 Å². The maximum Gasteiger partial charge on any atom is 0.305 e. The van der Waals surface area contributed by atoms with E-state index >= 15 is 0 Å². The Bertz CT molecular complexity index is 299. The standard InChI is InChI=1S/C21H40O3/c1-3-4-5-14-17-20(22)18-15-12-10-8-6-7-9-11-13-16-19-21(23)24-2/h12,15,20,22H,3-11,13-14,16-19H2,1-2H3/b15-12-/t20-/m1/s1. The van der Waals surface area contributed by atoms with Crippen molar-refractivity contribution in [1.82, 2.24) is 0 Å². The summed E-state index contributed by atoms with van der Waals surface area (Å²) in [6.07, 6.45) is 21.0. The quantitative estimate of drug-likeness (QED) is 0.202. The average molecular weight is 341 g/mol. The third-order valence-electron chi connectivity index (χ3n) is 4.45. The summed E-state index contributed by atoms with van der Waals surface area (Å²) in [4.78, 5) is 10.9. The van der Waals surface area contributed by atoms with Crippen molar-refractivity contribution in [2.75, 3.05) is 7.11 Å². The van der Waals surface area contributed by atoms with Gasteiger partial charge in [0.2, 0.25) is 0 Å². The number of allylic oxidation sites excluding steroid dienone is 1. The molecule has 0 spiro atoms. The van der Waals surface area contributed by atoms with Crippen molar-refractivity contribution < 1.29 is 14.6 Å². The molecule has 0 fully saturated rings. The van der Waals surface area contributed by atoms with Crippen molar-refractivity contribution in [2.45, 2.75) is 109 Å². The molecule has 0 aliphatic heterocycles. The zero-order chi connectivity index (χ0) is 17.9. The molecule has 0 saturated carbocycles. The van der Waals surface area contributed by atoms with Gasteiger partial charge in [-0.1, -0.05) is 76.9 Å². The molecule has 1 atom stereocenters. The van der Waals surface area contributed by atoms with Crippen LogP contribution in [0.4, 0.5) is 0 Å². The molecule has 1 N–H and O–H groups in total. The number of carbonyl (C=O) groups excluding carboxylic acids is 1. The number of esters is 1. The summed E-state index contributed by atoms with van der Waals surface area (Å²) >= 11 is 0. The molecule has 0 rings (SSSR count). The number of unbranched alkanes of at least 4 members (excludes halogenated alkanes) is 10. The molecule has 0 aromatic carbocycles. The Morgan fingerprint density at radius 2 is 1.54 bits per heavy atom. The molecule has 0 aliphatic carbocycles. The van der Waals surface area contributed by atoms with Gasteiger partial charge in [-0.2, -0.15) is 0 Å². The number of hydrogen-bond acceptors (Lipinski definition) is 3. The number of hydrogen-bond donors (Lipinski definition) is 1. The monoisotopic (exact) mass is 340 g/mol. The van der Waals surface area contributed by atoms with E-state index in [0.717, 1.165) is 38.5 Å². The number of carbonyl (C=O) groups is 1. The first-order valence-corrected chi connectivity index (χ1v) is 10.1. The maximum atomic E-state index is 10.9. The van der Waals surface area contributed by atoms with Crippen LogP contribution in [0.15, 0.2) is 12.2 Å². The van der Waals surface area contributed by atoms with Crippen LogP contribution in [0, 0.1) is 0 Å². The van der Waals surface area contributed by atoms with Crippen molar-refractivity contribution in [3.05, 3.63) is 12.2 Å². The third-order valence-corrected chi connectivity index (χ3v) is 4.45. The molecule has 24 heavy (non-hydrogen) atoms. The summed E-state index contributed by atoms with van der Waals surface area (Å²) in [5.41, 5.74) is 0. The lowest BCUT2D eigenvalue weighted by Gasteiger charge is -2.07. The molecule has 0 heterocycles. The Labute approximate surface area is 149 Å². The lowest BCUT2D eigenvalue weighted by molar-refractivity contribution is -0.140. The highest BCUT2D eigenvalue weighted by Gasteiger charge is 2.01. The predicted molar refractivity (Wildman–Crippen MR) is 102 cm³/mol. The van der Waals surface area contributed by atoms with Crippen molar-refractivity contribution >= 4 is 5.97 Å². The minimum atomic E-state index is -0.150. The van der Waals surface area contributed by atoms with E-state index in [-0.39, 0.29) is 12.1 Å². The normalized spacial score (nSPS) is 12.6. The van der Waals surface area contributed by atoms with Gasteiger partial charge < -0.3 is 9.84 Å². The Morgan fingerprint density at radius 3 is 2.21 bits per heavy atom. The highest BCUT2D eigenvalue weighted by Crippen LogP contribution is 2.11. The lowest BCUT2D eigenvalue weighted by atomic mass is 10.1. The topological polar surface area (TPSA) is 46.5 Å². The molecule has 0 saturated heterocycles. The zero-order valence-corrected chi connectivity index (χ0v) is 16.1. The summed E-state index contributed by atoms with van der Waals surface area (Å²) in [6.45, 7) is 2.21. The van der Waals surface area contributed by atoms with Crippen LogP contribution in [0.2, 0.25) is 0 Å². The van der Waals surface area contributed by atoms with Crippen LogP contribution in [0.1, 0.15) is 103 Å². The summed E-state index contributed by atoms with van der Waals surface area (Å²) in [6, 6.07) is 0. The summed E-state index contributed by atoms with van der Waals surface area (Å²) in [7, 11) is 1.45. The van der Waals surface area contributed by atoms with E-state index in [4.69, 9.17) is 0 Å². The zero-order valence-electron chi connectivity index (χ0n) is 16.1. The molecule has 3 heteroatoms. The van der Waals surface area contributed by atoms with Gasteiger partial charge in [0, 0.05) is 6.42 Å². The molecule has 0 amide bonds. The predicted octanol–water partition coefficient (Wildman–Crippen LogP) is 5.95. The molecule has 142 valence electrons. The van der Waals surface area contributed by atoms with Gasteiger partial charge in [0.05, 0.1) is 13.2 Å². The Morgan fingerprint density at radius 1 is 0.917 bits per heavy atom. The lowest BCUT2D eigenvalue weighted by Crippen LogP contribution is -2.04. The van der Waals surface area contributed by atoms with E-state index in [9.17, 15) is 9.90 Å². The van der Waals surface area contributed by atoms with Gasteiger partial charge in [-0.05, 0) is 32.1 Å². The van der Waals surface area contributed by atoms with Crippen LogP contribution in [0.25, 0.3) is 0 Å². The molecule has 3 nitrogen and oxygen atoms in total. The summed E-state index contributed by atoms with van der Waals surface area (Å²) in [5, 5.41) is 9.86. The molecule has 0 aliphatic rings. The average Bonchev–Trinajstić information content (AvgIpc) is 2.59. The number of methoxy groups -OCH3 is 1. The van der Waals surface area contributed by atoms with Crippen LogP contribution in [0.3, 0.4) is 0 Å². The number of rotatable bonds is 17. The minimum Gasteiger partial charge on any atom is -0.469 e. The van der Waals surface area contributed by atoms with E-state index in [1.54, 1.807) is 0 Å². The van der Waals surface area contributed by atoms with E-state index in [1.165, 1.54) is 58.5 Å². The van der Waals surface area contributed by atoms with Gasteiger partial charge in [0.1, 0.15) is 0 Å². The first-order chi connectivity index (χ1) is 11.7. The molecule has 0 aromatic heterocycles. The number of aliphatic hydroxyl groups excluding tert-OH is 1. The van der Waals surface area contributed by atoms with E-state index < -0.39 is 0 Å². The first kappa shape index (κ1) is 23.2. The van der Waals surface area contributed by atoms with Crippen molar-refractivity contribution in [1.29, 1.82) is 0 Å². The van der Waals surface area contributed by atoms with Crippen LogP contribution in [0.5, 0.6) is 0 Å². The number of aliphatic hydroxyl groups is 1. The van der Waals surface area contributed by atoms with Crippen LogP contribution in [-0.4, -0.2) is 24.3 Å². The SMILES string of the molecule is CCCCCC[C@@H](O)C/C=C\CCCCCCCCCC(=O)OC. The molecule has 0 aromatic rings. The summed E-state index contributed by atoms with van der Waals surface area (Å²) < 4.78 is 4.62. The fourth-order valence-corrected chi connectivity index (χ4v) is 2.81. The fourth-order valence-electron chi connectivity index (χ4n) is 2.81. The van der Waals surface area contributed by atoms with Crippen molar-refractivity contribution in [2.24, 2.45) is 0 Å². The van der Waals surface area contributed by atoms with E-state index in [0.29, 0.717) is 6.42 Å². The minimum absolute atomic E-state index is 0.0899. The Hall–Kier alpha value is -0.830. The molecular weight excluding hydrogens is 300 g/mol. The van der Waals surface area contributed by atoms with Gasteiger partial charge >= 0.3 is 5.97 Å². The second-order valence-corrected chi connectivity index (χ2v) is 6.80. The second-order valence-electron chi connectivity index (χ2n) is 6.80. The van der Waals surface area contributed by atoms with Gasteiger partial charge in [-0.3, -0.25) is 4.79 Å². The maximum absolute atomic E-state index is 10.9. The Kier molecular flexibility index (Phi) is 17.9. The second kappa shape index (κ2) is 18.5. The highest BCUT2D eigenvalue weighted by molar-refractivity contribution is 5.68. The van der Waals surface area contributed by atoms with E-state index in [2.05, 4.69) is 23.8 Å². The third kappa shape index (κ3) is 17.5. The van der Waals surface area contributed by atoms with Crippen LogP contribution in [-0.2, 0) is 9.53 Å². The molecular formula is C21H40O3. The smallest absolute Gasteiger partial charge is 0.305 e. The van der Waals surface area contributed by atoms with Gasteiger partial charge in [0.15, 0.2) is 0 Å². The van der Waals surface area contributed by atoms with E-state index in [1.807, 2.05) is 0 Å². The molecule has 0 unspecified atom stereocenters. The highest BCUT2D eigenvalue weighted by atomic mass is 16.5. The van der Waals surface area contributed by atoms with Crippen LogP contribution >= 0.6 is 0 Å². The fraction of sp³-hybridized carbons (Fsp3) is 0.857. The molecule has 0 radical (unpaired) electrons. The summed E-state index contributed by atoms with van der Waals surface area (Å²) in [5.74, 6) is -0.0899. The van der Waals surface area contributed by atoms with Gasteiger partial charge in [-0.25, -0.2) is 0 Å². The van der Waals surface area contributed by atoms with Gasteiger partial charge in [0.25, 0.3) is 0 Å². The van der Waals surface area contributed by atoms with Crippen molar-refractivity contribution in [3.8, 4) is 0 Å². The number of ether oxygens (including phenoxy) is 1. The molecule has 0 bridgehead atoms. The van der Waals surface area contributed by atoms with Gasteiger partial charge in [-0.15, -0.1) is 0 Å². The van der Waals surface area contributed by atoms with Crippen molar-refractivity contribution in [3.63, 3.8) is 0 Å². The Balaban J connectivity index is 3.24. The largest absolute Gasteiger partial charge is 0.469 e. The first-order valence-electron chi connectivity index (χ1n) is 10.1.